The second-order valence-electron chi connectivity index (χ2n) is 7.77. The average Bonchev–Trinajstić information content (AvgIpc) is 3.21. The monoisotopic (exact) mass is 456 g/mol. The molecule has 0 saturated carbocycles. The Kier molecular flexibility index (Phi) is 5.93. The van der Waals surface area contributed by atoms with E-state index in [1.54, 1.807) is 27.2 Å². The summed E-state index contributed by atoms with van der Waals surface area (Å²) in [7, 11) is 3.08. The lowest BCUT2D eigenvalue weighted by Crippen LogP contribution is -2.11. The van der Waals surface area contributed by atoms with Crippen molar-refractivity contribution in [1.82, 2.24) is 9.78 Å². The molecule has 0 radical (unpaired) electrons. The summed E-state index contributed by atoms with van der Waals surface area (Å²) in [4.78, 5) is 0. The van der Waals surface area contributed by atoms with E-state index in [-0.39, 0.29) is 17.7 Å². The van der Waals surface area contributed by atoms with E-state index in [9.17, 15) is 13.2 Å². The molecule has 0 bridgehead atoms. The van der Waals surface area contributed by atoms with Gasteiger partial charge in [0.05, 0.1) is 31.5 Å². The summed E-state index contributed by atoms with van der Waals surface area (Å²) in [5.74, 6) is 1.33. The molecule has 8 heteroatoms. The van der Waals surface area contributed by atoms with Gasteiger partial charge in [-0.05, 0) is 66.6 Å². The Labute approximate surface area is 189 Å². The Morgan fingerprint density at radius 3 is 2.27 bits per heavy atom. The molecule has 0 aliphatic carbocycles. The van der Waals surface area contributed by atoms with Crippen molar-refractivity contribution in [2.45, 2.75) is 26.1 Å². The summed E-state index contributed by atoms with van der Waals surface area (Å²) < 4.78 is 58.0. The summed E-state index contributed by atoms with van der Waals surface area (Å²) >= 11 is 0. The van der Waals surface area contributed by atoms with Crippen LogP contribution in [0.1, 0.15) is 19.4 Å². The van der Waals surface area contributed by atoms with Crippen LogP contribution in [0.15, 0.2) is 60.8 Å². The predicted octanol–water partition coefficient (Wildman–Crippen LogP) is 6.52. The van der Waals surface area contributed by atoms with Crippen molar-refractivity contribution in [1.29, 1.82) is 0 Å². The first-order valence-corrected chi connectivity index (χ1v) is 10.3. The van der Waals surface area contributed by atoms with E-state index in [4.69, 9.17) is 14.2 Å². The molecule has 33 heavy (non-hydrogen) atoms. The van der Waals surface area contributed by atoms with Gasteiger partial charge in [0.1, 0.15) is 17.2 Å². The van der Waals surface area contributed by atoms with Crippen LogP contribution in [0.25, 0.3) is 27.6 Å². The van der Waals surface area contributed by atoms with Crippen LogP contribution < -0.4 is 14.2 Å². The van der Waals surface area contributed by atoms with Crippen LogP contribution in [0.2, 0.25) is 0 Å². The molecule has 0 saturated heterocycles. The van der Waals surface area contributed by atoms with E-state index in [1.807, 2.05) is 36.4 Å². The molecule has 1 aromatic heterocycles. The average molecular weight is 456 g/mol. The van der Waals surface area contributed by atoms with Crippen molar-refractivity contribution in [3.8, 4) is 34.2 Å². The van der Waals surface area contributed by atoms with Crippen LogP contribution in [0.4, 0.5) is 13.2 Å². The number of methoxy groups -OCH3 is 2. The highest BCUT2D eigenvalue weighted by Crippen LogP contribution is 2.37. The molecule has 0 atom stereocenters. The third-order valence-electron chi connectivity index (χ3n) is 5.13. The third kappa shape index (κ3) is 4.60. The van der Waals surface area contributed by atoms with Crippen LogP contribution in [0.5, 0.6) is 17.4 Å². The topological polar surface area (TPSA) is 45.5 Å². The number of hydrogen-bond acceptors (Lipinski definition) is 4. The van der Waals surface area contributed by atoms with E-state index in [0.29, 0.717) is 11.3 Å². The number of alkyl halides is 3. The summed E-state index contributed by atoms with van der Waals surface area (Å²) in [5.41, 5.74) is 0.843. The fraction of sp³-hybridized carbons (Fsp3) is 0.240. The maximum absolute atomic E-state index is 13.4. The van der Waals surface area contributed by atoms with Crippen molar-refractivity contribution in [3.05, 3.63) is 66.4 Å². The van der Waals surface area contributed by atoms with Gasteiger partial charge in [0, 0.05) is 6.20 Å². The number of aromatic nitrogens is 2. The highest BCUT2D eigenvalue weighted by atomic mass is 19.4. The van der Waals surface area contributed by atoms with Gasteiger partial charge in [0.25, 0.3) is 0 Å². The SMILES string of the molecule is COc1ccc2cc(-c3cn(-c4cc(C(F)(F)F)ccc4OC(C)C)nc3OC)ccc2c1. The van der Waals surface area contributed by atoms with E-state index >= 15 is 0 Å². The second-order valence-corrected chi connectivity index (χ2v) is 7.77. The number of fused-ring (bicyclic) bond motifs is 1. The molecular weight excluding hydrogens is 433 g/mol. The number of hydrogen-bond donors (Lipinski definition) is 0. The minimum absolute atomic E-state index is 0.175. The van der Waals surface area contributed by atoms with Crippen LogP contribution >= 0.6 is 0 Å². The van der Waals surface area contributed by atoms with Crippen molar-refractivity contribution >= 4 is 10.8 Å². The Morgan fingerprint density at radius 1 is 0.879 bits per heavy atom. The number of benzene rings is 3. The van der Waals surface area contributed by atoms with Gasteiger partial charge < -0.3 is 14.2 Å². The molecule has 0 fully saturated rings. The van der Waals surface area contributed by atoms with Crippen molar-refractivity contribution in [3.63, 3.8) is 0 Å². The largest absolute Gasteiger partial charge is 0.497 e. The van der Waals surface area contributed by atoms with Gasteiger partial charge in [0.15, 0.2) is 0 Å². The highest BCUT2D eigenvalue weighted by Gasteiger charge is 2.32. The first-order chi connectivity index (χ1) is 15.7. The van der Waals surface area contributed by atoms with E-state index in [2.05, 4.69) is 5.10 Å². The fourth-order valence-corrected chi connectivity index (χ4v) is 3.57. The number of halogens is 3. The summed E-state index contributed by atoms with van der Waals surface area (Å²) in [6.07, 6.45) is -3.08. The summed E-state index contributed by atoms with van der Waals surface area (Å²) in [6.45, 7) is 3.61. The molecule has 1 heterocycles. The fourth-order valence-electron chi connectivity index (χ4n) is 3.57. The zero-order chi connectivity index (χ0) is 23.8. The lowest BCUT2D eigenvalue weighted by Gasteiger charge is -2.16. The van der Waals surface area contributed by atoms with Gasteiger partial charge in [-0.15, -0.1) is 5.10 Å². The Morgan fingerprint density at radius 2 is 1.61 bits per heavy atom. The van der Waals surface area contributed by atoms with Crippen molar-refractivity contribution in [2.75, 3.05) is 14.2 Å². The molecule has 0 unspecified atom stereocenters. The van der Waals surface area contributed by atoms with Gasteiger partial charge in [-0.3, -0.25) is 0 Å². The molecule has 172 valence electrons. The lowest BCUT2D eigenvalue weighted by molar-refractivity contribution is -0.137. The first kappa shape index (κ1) is 22.5. The number of rotatable bonds is 6. The first-order valence-electron chi connectivity index (χ1n) is 10.3. The summed E-state index contributed by atoms with van der Waals surface area (Å²) in [5, 5.41) is 6.37. The van der Waals surface area contributed by atoms with Gasteiger partial charge in [-0.2, -0.15) is 13.2 Å². The highest BCUT2D eigenvalue weighted by molar-refractivity contribution is 5.89. The number of ether oxygens (including phenoxy) is 3. The maximum Gasteiger partial charge on any atom is 0.416 e. The molecule has 0 aliphatic rings. The Balaban J connectivity index is 1.83. The molecule has 4 aromatic rings. The minimum Gasteiger partial charge on any atom is -0.497 e. The van der Waals surface area contributed by atoms with Gasteiger partial charge in [-0.1, -0.05) is 18.2 Å². The zero-order valence-corrected chi connectivity index (χ0v) is 18.6. The van der Waals surface area contributed by atoms with Crippen LogP contribution in [-0.4, -0.2) is 30.1 Å². The molecule has 0 spiro atoms. The Hall–Kier alpha value is -3.68. The van der Waals surface area contributed by atoms with Gasteiger partial charge >= 0.3 is 6.18 Å². The normalized spacial score (nSPS) is 11.8. The Bertz CT molecular complexity index is 1300. The van der Waals surface area contributed by atoms with Crippen LogP contribution in [0, 0.1) is 0 Å². The number of nitrogens with zero attached hydrogens (tertiary/aromatic N) is 2. The lowest BCUT2D eigenvalue weighted by atomic mass is 10.0. The predicted molar refractivity (Wildman–Crippen MR) is 120 cm³/mol. The molecule has 5 nitrogen and oxygen atoms in total. The standard InChI is InChI=1S/C25H23F3N2O3/c1-15(2)33-23-10-8-19(25(26,27)28)13-22(23)30-14-21(24(29-30)32-4)18-6-5-17-12-20(31-3)9-7-16(17)11-18/h5-15H,1-4H3. The van der Waals surface area contributed by atoms with Gasteiger partial charge in [-0.25, -0.2) is 4.68 Å². The molecule has 3 aromatic carbocycles. The van der Waals surface area contributed by atoms with Crippen LogP contribution in [0.3, 0.4) is 0 Å². The third-order valence-corrected chi connectivity index (χ3v) is 5.13. The van der Waals surface area contributed by atoms with Crippen molar-refractivity contribution < 1.29 is 27.4 Å². The van der Waals surface area contributed by atoms with E-state index in [0.717, 1.165) is 34.2 Å². The minimum atomic E-state index is -4.50. The van der Waals surface area contributed by atoms with Gasteiger partial charge in [0.2, 0.25) is 5.88 Å². The van der Waals surface area contributed by atoms with E-state index in [1.165, 1.54) is 17.9 Å². The quantitative estimate of drug-likeness (QED) is 0.332. The molecule has 0 N–H and O–H groups in total. The van der Waals surface area contributed by atoms with Crippen molar-refractivity contribution in [2.24, 2.45) is 0 Å². The van der Waals surface area contributed by atoms with Crippen LogP contribution in [-0.2, 0) is 6.18 Å². The molecular formula is C25H23F3N2O3. The molecule has 4 rings (SSSR count). The summed E-state index contributed by atoms with van der Waals surface area (Å²) in [6, 6.07) is 14.9. The zero-order valence-electron chi connectivity index (χ0n) is 18.6. The molecule has 0 aliphatic heterocycles. The maximum atomic E-state index is 13.4. The molecule has 0 amide bonds. The second kappa shape index (κ2) is 8.69. The van der Waals surface area contributed by atoms with E-state index < -0.39 is 11.7 Å². The smallest absolute Gasteiger partial charge is 0.416 e.